The van der Waals surface area contributed by atoms with Crippen LogP contribution >= 0.6 is 11.6 Å². The van der Waals surface area contributed by atoms with Crippen molar-refractivity contribution in [2.75, 3.05) is 18.0 Å². The van der Waals surface area contributed by atoms with Crippen molar-refractivity contribution in [1.29, 1.82) is 0 Å². The first kappa shape index (κ1) is 12.8. The largest absolute Gasteiger partial charge is 0.365 e. The lowest BCUT2D eigenvalue weighted by Gasteiger charge is -2.31. The van der Waals surface area contributed by atoms with Crippen molar-refractivity contribution in [2.24, 2.45) is 5.92 Å². The van der Waals surface area contributed by atoms with E-state index in [4.69, 9.17) is 11.6 Å². The number of benzene rings is 1. The minimum Gasteiger partial charge on any atom is -0.365 e. The number of hydrogen-bond donors (Lipinski definition) is 0. The van der Waals surface area contributed by atoms with Crippen LogP contribution < -0.4 is 4.90 Å². The summed E-state index contributed by atoms with van der Waals surface area (Å²) in [5, 5.41) is 11.5. The normalized spacial score (nSPS) is 19.6. The molecule has 0 N–H and O–H groups in total. The maximum Gasteiger partial charge on any atom is 0.292 e. The number of piperidine rings is 1. The molecule has 5 nitrogen and oxygen atoms in total. The maximum atomic E-state index is 11.0. The van der Waals surface area contributed by atoms with Gasteiger partial charge in [-0.2, -0.15) is 0 Å². The summed E-state index contributed by atoms with van der Waals surface area (Å²) in [6, 6.07) is 4.50. The zero-order chi connectivity index (χ0) is 13.1. The lowest BCUT2D eigenvalue weighted by atomic mass is 9.99. The molecule has 0 aromatic heterocycles. The van der Waals surface area contributed by atoms with Gasteiger partial charge in [-0.15, -0.1) is 0 Å². The van der Waals surface area contributed by atoms with Gasteiger partial charge in [-0.05, 0) is 25.0 Å². The molecule has 2 rings (SSSR count). The van der Waals surface area contributed by atoms with Crippen molar-refractivity contribution in [1.82, 2.24) is 0 Å². The molecular formula is C12H13ClN2O3. The first-order valence-electron chi connectivity index (χ1n) is 5.76. The topological polar surface area (TPSA) is 63.5 Å². The van der Waals surface area contributed by atoms with Crippen LogP contribution in [0.25, 0.3) is 0 Å². The molecule has 1 atom stereocenters. The quantitative estimate of drug-likeness (QED) is 0.480. The van der Waals surface area contributed by atoms with Crippen LogP contribution in [-0.4, -0.2) is 24.3 Å². The zero-order valence-electron chi connectivity index (χ0n) is 9.71. The second kappa shape index (κ2) is 5.35. The summed E-state index contributed by atoms with van der Waals surface area (Å²) >= 11 is 5.89. The maximum absolute atomic E-state index is 11.0. The fraction of sp³-hybridized carbons (Fsp3) is 0.417. The van der Waals surface area contributed by atoms with Gasteiger partial charge >= 0.3 is 0 Å². The highest BCUT2D eigenvalue weighted by molar-refractivity contribution is 6.31. The van der Waals surface area contributed by atoms with Crippen molar-refractivity contribution in [2.45, 2.75) is 12.8 Å². The first-order chi connectivity index (χ1) is 8.61. The number of carbonyl (C=O) groups excluding carboxylic acids is 1. The fourth-order valence-corrected chi connectivity index (χ4v) is 2.41. The third kappa shape index (κ3) is 2.61. The van der Waals surface area contributed by atoms with Crippen molar-refractivity contribution < 1.29 is 9.72 Å². The number of aldehydes is 1. The number of nitro benzene ring substituents is 1. The highest BCUT2D eigenvalue weighted by atomic mass is 35.5. The lowest BCUT2D eigenvalue weighted by molar-refractivity contribution is -0.384. The molecule has 1 heterocycles. The van der Waals surface area contributed by atoms with E-state index in [0.29, 0.717) is 23.8 Å². The number of nitrogens with zero attached hydrogens (tertiary/aromatic N) is 2. The Bertz CT molecular complexity index is 478. The standard InChI is InChI=1S/C12H13ClN2O3/c13-10-3-4-11(15(17)18)12(6-10)14-5-1-2-9(7-14)8-16/h3-4,6,8-9H,1-2,5,7H2. The van der Waals surface area contributed by atoms with Crippen LogP contribution in [0, 0.1) is 16.0 Å². The number of rotatable bonds is 3. The first-order valence-corrected chi connectivity index (χ1v) is 6.14. The van der Waals surface area contributed by atoms with Gasteiger partial charge in [-0.1, -0.05) is 11.6 Å². The molecule has 18 heavy (non-hydrogen) atoms. The van der Waals surface area contributed by atoms with E-state index in [9.17, 15) is 14.9 Å². The van der Waals surface area contributed by atoms with E-state index < -0.39 is 4.92 Å². The number of nitro groups is 1. The minimum atomic E-state index is -0.420. The molecular weight excluding hydrogens is 256 g/mol. The van der Waals surface area contributed by atoms with Gasteiger partial charge in [0, 0.05) is 30.1 Å². The van der Waals surface area contributed by atoms with E-state index >= 15 is 0 Å². The lowest BCUT2D eigenvalue weighted by Crippen LogP contribution is -2.36. The third-order valence-electron chi connectivity index (χ3n) is 3.13. The van der Waals surface area contributed by atoms with E-state index in [1.165, 1.54) is 12.1 Å². The van der Waals surface area contributed by atoms with Crippen molar-refractivity contribution >= 4 is 29.3 Å². The molecule has 0 aliphatic carbocycles. The zero-order valence-corrected chi connectivity index (χ0v) is 10.5. The molecule has 1 aromatic carbocycles. The predicted octanol–water partition coefficient (Wildman–Crippen LogP) is 2.66. The Hall–Kier alpha value is -1.62. The Morgan fingerprint density at radius 2 is 2.28 bits per heavy atom. The molecule has 1 aromatic rings. The van der Waals surface area contributed by atoms with Crippen LogP contribution in [0.1, 0.15) is 12.8 Å². The van der Waals surface area contributed by atoms with Gasteiger partial charge in [0.05, 0.1) is 4.92 Å². The summed E-state index contributed by atoms with van der Waals surface area (Å²) in [4.78, 5) is 23.3. The summed E-state index contributed by atoms with van der Waals surface area (Å²) in [6.45, 7) is 1.23. The van der Waals surface area contributed by atoms with Crippen molar-refractivity contribution in [3.63, 3.8) is 0 Å². The van der Waals surface area contributed by atoms with Gasteiger partial charge in [0.1, 0.15) is 12.0 Å². The van der Waals surface area contributed by atoms with Crippen LogP contribution in [0.4, 0.5) is 11.4 Å². The number of halogens is 1. The van der Waals surface area contributed by atoms with E-state index in [-0.39, 0.29) is 11.6 Å². The third-order valence-corrected chi connectivity index (χ3v) is 3.36. The van der Waals surface area contributed by atoms with Crippen LogP contribution in [0.2, 0.25) is 5.02 Å². The molecule has 96 valence electrons. The van der Waals surface area contributed by atoms with E-state index in [1.54, 1.807) is 6.07 Å². The predicted molar refractivity (Wildman–Crippen MR) is 69.1 cm³/mol. The molecule has 0 spiro atoms. The average Bonchev–Trinajstić information content (AvgIpc) is 2.38. The van der Waals surface area contributed by atoms with E-state index in [1.807, 2.05) is 4.90 Å². The van der Waals surface area contributed by atoms with E-state index in [0.717, 1.165) is 19.1 Å². The Morgan fingerprint density at radius 1 is 1.50 bits per heavy atom. The highest BCUT2D eigenvalue weighted by Gasteiger charge is 2.25. The number of carbonyl (C=O) groups is 1. The van der Waals surface area contributed by atoms with Crippen molar-refractivity contribution in [3.05, 3.63) is 33.3 Å². The van der Waals surface area contributed by atoms with Gasteiger partial charge in [0.25, 0.3) is 5.69 Å². The second-order valence-corrected chi connectivity index (χ2v) is 4.81. The summed E-state index contributed by atoms with van der Waals surface area (Å²) < 4.78 is 0. The fourth-order valence-electron chi connectivity index (χ4n) is 2.24. The van der Waals surface area contributed by atoms with Crippen LogP contribution in [-0.2, 0) is 4.79 Å². The Labute approximate surface area is 109 Å². The van der Waals surface area contributed by atoms with Crippen molar-refractivity contribution in [3.8, 4) is 0 Å². The highest BCUT2D eigenvalue weighted by Crippen LogP contribution is 2.33. The summed E-state index contributed by atoms with van der Waals surface area (Å²) in [6.07, 6.45) is 2.62. The van der Waals surface area contributed by atoms with E-state index in [2.05, 4.69) is 0 Å². The second-order valence-electron chi connectivity index (χ2n) is 4.37. The Morgan fingerprint density at radius 3 is 2.94 bits per heavy atom. The molecule has 1 unspecified atom stereocenters. The molecule has 0 saturated carbocycles. The molecule has 0 radical (unpaired) electrons. The van der Waals surface area contributed by atoms with Gasteiger partial charge in [-0.25, -0.2) is 0 Å². The molecule has 1 fully saturated rings. The molecule has 0 amide bonds. The van der Waals surface area contributed by atoms with Gasteiger partial charge < -0.3 is 9.69 Å². The minimum absolute atomic E-state index is 0.0333. The average molecular weight is 269 g/mol. The van der Waals surface area contributed by atoms with Gasteiger partial charge in [-0.3, -0.25) is 10.1 Å². The van der Waals surface area contributed by atoms with Gasteiger partial charge in [0.2, 0.25) is 0 Å². The molecule has 1 saturated heterocycles. The molecule has 1 aliphatic heterocycles. The molecule has 1 aliphatic rings. The SMILES string of the molecule is O=CC1CCCN(c2cc(Cl)ccc2[N+](=O)[O-])C1. The monoisotopic (exact) mass is 268 g/mol. The van der Waals surface area contributed by atoms with Crippen LogP contribution in [0.5, 0.6) is 0 Å². The smallest absolute Gasteiger partial charge is 0.292 e. The van der Waals surface area contributed by atoms with Gasteiger partial charge in [0.15, 0.2) is 0 Å². The Kier molecular flexibility index (Phi) is 3.81. The summed E-state index contributed by atoms with van der Waals surface area (Å²) in [5.41, 5.74) is 0.532. The number of hydrogen-bond acceptors (Lipinski definition) is 4. The van der Waals surface area contributed by atoms with Crippen LogP contribution in [0.15, 0.2) is 18.2 Å². The molecule has 0 bridgehead atoms. The number of anilines is 1. The Balaban J connectivity index is 2.33. The summed E-state index contributed by atoms with van der Waals surface area (Å²) in [5.74, 6) is -0.0580. The summed E-state index contributed by atoms with van der Waals surface area (Å²) in [7, 11) is 0. The van der Waals surface area contributed by atoms with Crippen LogP contribution in [0.3, 0.4) is 0 Å². The molecule has 6 heteroatoms.